The molecule has 0 radical (unpaired) electrons. The molecule has 0 bridgehead atoms. The summed E-state index contributed by atoms with van der Waals surface area (Å²) >= 11 is 0. The summed E-state index contributed by atoms with van der Waals surface area (Å²) in [6.45, 7) is 2.25. The molecule has 0 fully saturated rings. The van der Waals surface area contributed by atoms with Crippen molar-refractivity contribution in [3.05, 3.63) is 83.9 Å². The van der Waals surface area contributed by atoms with Gasteiger partial charge < -0.3 is 0 Å². The van der Waals surface area contributed by atoms with Gasteiger partial charge >= 0.3 is 0 Å². The molecular formula is C27H30F2. The van der Waals surface area contributed by atoms with Gasteiger partial charge in [0.25, 0.3) is 0 Å². The van der Waals surface area contributed by atoms with E-state index in [1.807, 2.05) is 24.3 Å². The number of hydrogen-bond acceptors (Lipinski definition) is 0. The van der Waals surface area contributed by atoms with Gasteiger partial charge in [0.15, 0.2) is 11.6 Å². The van der Waals surface area contributed by atoms with Gasteiger partial charge in [-0.3, -0.25) is 0 Å². The fourth-order valence-corrected chi connectivity index (χ4v) is 3.72. The zero-order chi connectivity index (χ0) is 20.5. The van der Waals surface area contributed by atoms with Crippen LogP contribution in [0.25, 0.3) is 22.3 Å². The lowest BCUT2D eigenvalue weighted by atomic mass is 9.98. The van der Waals surface area contributed by atoms with E-state index >= 15 is 0 Å². The lowest BCUT2D eigenvalue weighted by molar-refractivity contribution is 0.511. The largest absolute Gasteiger partial charge is 0.204 e. The van der Waals surface area contributed by atoms with Crippen LogP contribution in [-0.4, -0.2) is 0 Å². The minimum atomic E-state index is -0.817. The van der Waals surface area contributed by atoms with Gasteiger partial charge in [0.05, 0.1) is 0 Å². The normalized spacial score (nSPS) is 11.0. The molecule has 0 N–H and O–H groups in total. The lowest BCUT2D eigenvalue weighted by Gasteiger charge is -2.08. The minimum absolute atomic E-state index is 0.293. The van der Waals surface area contributed by atoms with E-state index in [0.29, 0.717) is 11.1 Å². The molecular weight excluding hydrogens is 362 g/mol. The van der Waals surface area contributed by atoms with Crippen molar-refractivity contribution in [3.8, 4) is 22.3 Å². The molecule has 0 aliphatic heterocycles. The maximum atomic E-state index is 14.0. The molecule has 0 aliphatic carbocycles. The van der Waals surface area contributed by atoms with Crippen molar-refractivity contribution in [2.75, 3.05) is 0 Å². The Kier molecular flexibility index (Phi) is 7.98. The molecule has 3 rings (SSSR count). The minimum Gasteiger partial charge on any atom is -0.204 e. The molecule has 0 spiro atoms. The predicted octanol–water partition coefficient (Wildman–Crippen LogP) is 8.59. The topological polar surface area (TPSA) is 0 Å². The molecule has 2 heteroatoms. The second-order valence-electron chi connectivity index (χ2n) is 7.75. The van der Waals surface area contributed by atoms with Crippen LogP contribution in [0.5, 0.6) is 0 Å². The predicted molar refractivity (Wildman–Crippen MR) is 119 cm³/mol. The molecule has 0 amide bonds. The smallest absolute Gasteiger partial charge is 0.166 e. The Morgan fingerprint density at radius 1 is 0.586 bits per heavy atom. The van der Waals surface area contributed by atoms with Gasteiger partial charge in [0, 0.05) is 5.56 Å². The van der Waals surface area contributed by atoms with Crippen molar-refractivity contribution in [1.29, 1.82) is 0 Å². The fraction of sp³-hybridized carbons (Fsp3) is 0.333. The van der Waals surface area contributed by atoms with E-state index < -0.39 is 11.6 Å². The van der Waals surface area contributed by atoms with Crippen molar-refractivity contribution in [2.24, 2.45) is 0 Å². The molecule has 0 saturated heterocycles. The molecule has 0 heterocycles. The first-order chi connectivity index (χ1) is 14.2. The third-order valence-electron chi connectivity index (χ3n) is 5.50. The van der Waals surface area contributed by atoms with Gasteiger partial charge in [0.1, 0.15) is 0 Å². The van der Waals surface area contributed by atoms with E-state index in [1.54, 1.807) is 6.07 Å². The van der Waals surface area contributed by atoms with Gasteiger partial charge in [-0.15, -0.1) is 0 Å². The first kappa shape index (κ1) is 21.2. The summed E-state index contributed by atoms with van der Waals surface area (Å²) in [5.74, 6) is -1.61. The lowest BCUT2D eigenvalue weighted by Crippen LogP contribution is -1.89. The van der Waals surface area contributed by atoms with Crippen molar-refractivity contribution in [2.45, 2.75) is 58.3 Å². The number of hydrogen-bond donors (Lipinski definition) is 0. The summed E-state index contributed by atoms with van der Waals surface area (Å²) in [4.78, 5) is 0. The van der Waals surface area contributed by atoms with Gasteiger partial charge in [-0.2, -0.15) is 0 Å². The third-order valence-corrected chi connectivity index (χ3v) is 5.50. The number of halogens is 2. The van der Waals surface area contributed by atoms with Crippen LogP contribution in [0.15, 0.2) is 66.7 Å². The molecule has 152 valence electrons. The first-order valence-electron chi connectivity index (χ1n) is 10.8. The Morgan fingerprint density at radius 2 is 1.14 bits per heavy atom. The highest BCUT2D eigenvalue weighted by Gasteiger charge is 2.09. The fourth-order valence-electron chi connectivity index (χ4n) is 3.72. The summed E-state index contributed by atoms with van der Waals surface area (Å²) < 4.78 is 27.4. The highest BCUT2D eigenvalue weighted by molar-refractivity contribution is 5.70. The monoisotopic (exact) mass is 392 g/mol. The highest BCUT2D eigenvalue weighted by Crippen LogP contribution is 2.28. The van der Waals surface area contributed by atoms with Crippen LogP contribution in [0.4, 0.5) is 8.78 Å². The second-order valence-corrected chi connectivity index (χ2v) is 7.75. The van der Waals surface area contributed by atoms with Gasteiger partial charge in [0.2, 0.25) is 0 Å². The van der Waals surface area contributed by atoms with Gasteiger partial charge in [-0.1, -0.05) is 106 Å². The first-order valence-corrected chi connectivity index (χ1v) is 10.8. The molecule has 0 atom stereocenters. The molecule has 0 unspecified atom stereocenters. The SMILES string of the molecule is CCCCCCCCCc1ccc(-c2ccc(-c3cccc(F)c3F)cc2)cc1. The average Bonchev–Trinajstić information content (AvgIpc) is 2.76. The summed E-state index contributed by atoms with van der Waals surface area (Å²) in [5, 5.41) is 0. The Labute approximate surface area is 173 Å². The summed E-state index contributed by atoms with van der Waals surface area (Å²) in [6.07, 6.45) is 10.4. The van der Waals surface area contributed by atoms with Gasteiger partial charge in [-0.05, 0) is 41.2 Å². The maximum absolute atomic E-state index is 14.0. The summed E-state index contributed by atoms with van der Waals surface area (Å²) in [5.41, 5.74) is 4.57. The Bertz CT molecular complexity index is 879. The van der Waals surface area contributed by atoms with Crippen molar-refractivity contribution < 1.29 is 8.78 Å². The number of rotatable bonds is 10. The van der Waals surface area contributed by atoms with E-state index in [-0.39, 0.29) is 0 Å². The number of benzene rings is 3. The highest BCUT2D eigenvalue weighted by atomic mass is 19.2. The second kappa shape index (κ2) is 10.9. The summed E-state index contributed by atoms with van der Waals surface area (Å²) in [6, 6.07) is 20.6. The van der Waals surface area contributed by atoms with Crippen molar-refractivity contribution in [3.63, 3.8) is 0 Å². The average molecular weight is 393 g/mol. The molecule has 0 saturated carbocycles. The Hall–Kier alpha value is -2.48. The van der Waals surface area contributed by atoms with E-state index in [1.165, 1.54) is 56.6 Å². The molecule has 0 nitrogen and oxygen atoms in total. The standard InChI is InChI=1S/C27H30F2/c1-2-3-4-5-6-7-8-10-21-13-15-22(16-14-21)23-17-19-24(20-18-23)25-11-9-12-26(28)27(25)29/h9,11-20H,2-8,10H2,1H3. The van der Waals surface area contributed by atoms with Crippen LogP contribution in [0, 0.1) is 11.6 Å². The zero-order valence-electron chi connectivity index (χ0n) is 17.3. The summed E-state index contributed by atoms with van der Waals surface area (Å²) in [7, 11) is 0. The Morgan fingerprint density at radius 3 is 1.79 bits per heavy atom. The molecule has 29 heavy (non-hydrogen) atoms. The van der Waals surface area contributed by atoms with E-state index in [4.69, 9.17) is 0 Å². The van der Waals surface area contributed by atoms with Gasteiger partial charge in [-0.25, -0.2) is 8.78 Å². The van der Waals surface area contributed by atoms with Crippen molar-refractivity contribution >= 4 is 0 Å². The van der Waals surface area contributed by atoms with Crippen LogP contribution >= 0.6 is 0 Å². The molecule has 3 aromatic rings. The quantitative estimate of drug-likeness (QED) is 0.303. The van der Waals surface area contributed by atoms with Crippen LogP contribution in [0.2, 0.25) is 0 Å². The number of aryl methyl sites for hydroxylation is 1. The van der Waals surface area contributed by atoms with Crippen molar-refractivity contribution in [1.82, 2.24) is 0 Å². The number of unbranched alkanes of at least 4 members (excludes halogenated alkanes) is 6. The molecule has 0 aromatic heterocycles. The van der Waals surface area contributed by atoms with E-state index in [9.17, 15) is 8.78 Å². The molecule has 3 aromatic carbocycles. The Balaban J connectivity index is 1.55. The molecule has 0 aliphatic rings. The van der Waals surface area contributed by atoms with Crippen LogP contribution in [0.3, 0.4) is 0 Å². The maximum Gasteiger partial charge on any atom is 0.166 e. The van der Waals surface area contributed by atoms with Crippen LogP contribution in [-0.2, 0) is 6.42 Å². The van der Waals surface area contributed by atoms with Crippen LogP contribution in [0.1, 0.15) is 57.4 Å². The van der Waals surface area contributed by atoms with E-state index in [0.717, 1.165) is 23.6 Å². The zero-order valence-corrected chi connectivity index (χ0v) is 17.3. The van der Waals surface area contributed by atoms with E-state index in [2.05, 4.69) is 31.2 Å². The third kappa shape index (κ3) is 6.00. The van der Waals surface area contributed by atoms with Crippen LogP contribution < -0.4 is 0 Å².